The third-order valence-corrected chi connectivity index (χ3v) is 2.52. The molecular formula is C9H14N2O4. The average Bonchev–Trinajstić information content (AvgIpc) is 2.21. The standard InChI is InChI=1S/C9H14N2O4/c1-15-8-6-9(4-5-12,11(13)14)3-2-7(8)10/h2-3,12H,4-6,10H2,1H3. The van der Waals surface area contributed by atoms with Crippen LogP contribution in [0.1, 0.15) is 12.8 Å². The molecule has 0 aromatic carbocycles. The summed E-state index contributed by atoms with van der Waals surface area (Å²) in [4.78, 5) is 10.5. The molecule has 0 bridgehead atoms. The third kappa shape index (κ3) is 2.10. The lowest BCUT2D eigenvalue weighted by molar-refractivity contribution is -0.557. The molecular weight excluding hydrogens is 200 g/mol. The smallest absolute Gasteiger partial charge is 0.249 e. The van der Waals surface area contributed by atoms with Crippen molar-refractivity contribution >= 4 is 0 Å². The Morgan fingerprint density at radius 1 is 1.80 bits per heavy atom. The molecule has 0 aromatic heterocycles. The van der Waals surface area contributed by atoms with Gasteiger partial charge in [-0.15, -0.1) is 0 Å². The summed E-state index contributed by atoms with van der Waals surface area (Å²) in [6.45, 7) is -0.248. The molecule has 6 nitrogen and oxygen atoms in total. The highest BCUT2D eigenvalue weighted by molar-refractivity contribution is 5.29. The lowest BCUT2D eigenvalue weighted by atomic mass is 9.87. The zero-order chi connectivity index (χ0) is 11.5. The normalized spacial score (nSPS) is 25.5. The average molecular weight is 214 g/mol. The molecule has 6 heteroatoms. The van der Waals surface area contributed by atoms with Crippen molar-refractivity contribution in [3.63, 3.8) is 0 Å². The van der Waals surface area contributed by atoms with E-state index in [4.69, 9.17) is 15.6 Å². The van der Waals surface area contributed by atoms with Crippen LogP contribution in [-0.2, 0) is 4.74 Å². The minimum atomic E-state index is -1.29. The van der Waals surface area contributed by atoms with Crippen molar-refractivity contribution in [2.75, 3.05) is 13.7 Å². The van der Waals surface area contributed by atoms with Crippen LogP contribution in [0.15, 0.2) is 23.6 Å². The number of allylic oxidation sites excluding steroid dienone is 1. The SMILES string of the molecule is COC1=C(N)C=CC(CCO)([N+](=O)[O-])C1. The van der Waals surface area contributed by atoms with Crippen molar-refractivity contribution in [1.29, 1.82) is 0 Å². The number of nitrogens with zero attached hydrogens (tertiary/aromatic N) is 1. The molecule has 1 aliphatic rings. The largest absolute Gasteiger partial charge is 0.499 e. The molecule has 0 aromatic rings. The highest BCUT2D eigenvalue weighted by Gasteiger charge is 2.43. The predicted molar refractivity (Wildman–Crippen MR) is 53.4 cm³/mol. The van der Waals surface area contributed by atoms with E-state index in [2.05, 4.69) is 0 Å². The Hall–Kier alpha value is -1.56. The van der Waals surface area contributed by atoms with Crippen molar-refractivity contribution in [2.24, 2.45) is 5.73 Å². The van der Waals surface area contributed by atoms with Gasteiger partial charge < -0.3 is 15.6 Å². The number of nitrogens with two attached hydrogens (primary N) is 1. The van der Waals surface area contributed by atoms with E-state index in [0.717, 1.165) is 0 Å². The summed E-state index contributed by atoms with van der Waals surface area (Å²) in [5, 5.41) is 19.8. The lowest BCUT2D eigenvalue weighted by Gasteiger charge is -2.25. The van der Waals surface area contributed by atoms with Crippen LogP contribution >= 0.6 is 0 Å². The fourth-order valence-corrected chi connectivity index (χ4v) is 1.55. The van der Waals surface area contributed by atoms with Crippen LogP contribution in [0.3, 0.4) is 0 Å². The predicted octanol–water partition coefficient (Wildman–Crippen LogP) is 0.161. The fourth-order valence-electron chi connectivity index (χ4n) is 1.55. The molecule has 0 fully saturated rings. The van der Waals surface area contributed by atoms with Gasteiger partial charge in [-0.1, -0.05) is 0 Å². The molecule has 1 atom stereocenters. The number of aliphatic hydroxyl groups is 1. The number of hydrogen-bond donors (Lipinski definition) is 2. The second kappa shape index (κ2) is 4.31. The van der Waals surface area contributed by atoms with Gasteiger partial charge in [0.05, 0.1) is 25.8 Å². The number of rotatable bonds is 4. The van der Waals surface area contributed by atoms with Gasteiger partial charge in [-0.05, 0) is 12.2 Å². The Kier molecular flexibility index (Phi) is 3.31. The number of aliphatic hydroxyl groups excluding tert-OH is 1. The van der Waals surface area contributed by atoms with Crippen molar-refractivity contribution in [3.05, 3.63) is 33.7 Å². The van der Waals surface area contributed by atoms with Crippen LogP contribution in [0, 0.1) is 10.1 Å². The highest BCUT2D eigenvalue weighted by atomic mass is 16.6. The van der Waals surface area contributed by atoms with E-state index in [1.165, 1.54) is 19.3 Å². The maximum atomic E-state index is 11.0. The minimum Gasteiger partial charge on any atom is -0.499 e. The van der Waals surface area contributed by atoms with Crippen molar-refractivity contribution < 1.29 is 14.8 Å². The summed E-state index contributed by atoms with van der Waals surface area (Å²) in [5.74, 6) is 0.391. The van der Waals surface area contributed by atoms with Gasteiger partial charge in [-0.2, -0.15) is 0 Å². The van der Waals surface area contributed by atoms with Gasteiger partial charge in [-0.3, -0.25) is 10.1 Å². The Bertz CT molecular complexity index is 324. The summed E-state index contributed by atoms with van der Waals surface area (Å²) in [5.41, 5.74) is 4.70. The third-order valence-electron chi connectivity index (χ3n) is 2.52. The Labute approximate surface area is 87.2 Å². The first kappa shape index (κ1) is 11.5. The highest BCUT2D eigenvalue weighted by Crippen LogP contribution is 2.31. The van der Waals surface area contributed by atoms with Crippen molar-refractivity contribution in [1.82, 2.24) is 0 Å². The lowest BCUT2D eigenvalue weighted by Crippen LogP contribution is -2.40. The van der Waals surface area contributed by atoms with Crippen LogP contribution in [0.5, 0.6) is 0 Å². The fraction of sp³-hybridized carbons (Fsp3) is 0.556. The summed E-state index contributed by atoms with van der Waals surface area (Å²) in [7, 11) is 1.42. The first-order valence-electron chi connectivity index (χ1n) is 4.53. The van der Waals surface area contributed by atoms with Gasteiger partial charge in [-0.25, -0.2) is 0 Å². The number of ether oxygens (including phenoxy) is 1. The van der Waals surface area contributed by atoms with E-state index in [1.54, 1.807) is 0 Å². The quantitative estimate of drug-likeness (QED) is 0.513. The first-order chi connectivity index (χ1) is 7.05. The molecule has 1 unspecified atom stereocenters. The summed E-state index contributed by atoms with van der Waals surface area (Å²) >= 11 is 0. The molecule has 0 radical (unpaired) electrons. The van der Waals surface area contributed by atoms with E-state index in [1.807, 2.05) is 0 Å². The van der Waals surface area contributed by atoms with Crippen molar-refractivity contribution in [2.45, 2.75) is 18.4 Å². The van der Waals surface area contributed by atoms with E-state index >= 15 is 0 Å². The van der Waals surface area contributed by atoms with Gasteiger partial charge in [0.15, 0.2) is 0 Å². The van der Waals surface area contributed by atoms with Gasteiger partial charge in [0.25, 0.3) is 0 Å². The molecule has 0 saturated heterocycles. The van der Waals surface area contributed by atoms with E-state index in [9.17, 15) is 10.1 Å². The molecule has 1 rings (SSSR count). The number of methoxy groups -OCH3 is 1. The molecule has 0 aliphatic heterocycles. The molecule has 3 N–H and O–H groups in total. The molecule has 15 heavy (non-hydrogen) atoms. The molecule has 0 saturated carbocycles. The molecule has 0 spiro atoms. The van der Waals surface area contributed by atoms with Crippen LogP contribution in [0.4, 0.5) is 0 Å². The van der Waals surface area contributed by atoms with E-state index < -0.39 is 10.5 Å². The zero-order valence-corrected chi connectivity index (χ0v) is 8.47. The van der Waals surface area contributed by atoms with Gasteiger partial charge in [0.2, 0.25) is 5.54 Å². The monoisotopic (exact) mass is 214 g/mol. The summed E-state index contributed by atoms with van der Waals surface area (Å²) in [6.07, 6.45) is 3.01. The zero-order valence-electron chi connectivity index (χ0n) is 8.47. The van der Waals surface area contributed by atoms with Crippen molar-refractivity contribution in [3.8, 4) is 0 Å². The summed E-state index contributed by atoms with van der Waals surface area (Å²) < 4.78 is 4.97. The van der Waals surface area contributed by atoms with E-state index in [0.29, 0.717) is 11.5 Å². The molecule has 0 heterocycles. The molecule has 1 aliphatic carbocycles. The topological polar surface area (TPSA) is 98.6 Å². The number of hydrogen-bond acceptors (Lipinski definition) is 5. The Morgan fingerprint density at radius 3 is 2.93 bits per heavy atom. The minimum absolute atomic E-state index is 0.0522. The molecule has 0 amide bonds. The van der Waals surface area contributed by atoms with Crippen LogP contribution in [-0.4, -0.2) is 29.3 Å². The van der Waals surface area contributed by atoms with Crippen LogP contribution in [0.2, 0.25) is 0 Å². The summed E-state index contributed by atoms with van der Waals surface area (Å²) in [6, 6.07) is 0. The maximum absolute atomic E-state index is 11.0. The van der Waals surface area contributed by atoms with E-state index in [-0.39, 0.29) is 19.4 Å². The number of nitro groups is 1. The van der Waals surface area contributed by atoms with Crippen LogP contribution in [0.25, 0.3) is 0 Å². The Morgan fingerprint density at radius 2 is 2.47 bits per heavy atom. The maximum Gasteiger partial charge on any atom is 0.249 e. The van der Waals surface area contributed by atoms with Crippen LogP contribution < -0.4 is 5.73 Å². The molecule has 84 valence electrons. The Balaban J connectivity index is 2.98. The first-order valence-corrected chi connectivity index (χ1v) is 4.53. The van der Waals surface area contributed by atoms with Gasteiger partial charge >= 0.3 is 0 Å². The second-order valence-electron chi connectivity index (χ2n) is 3.43. The van der Waals surface area contributed by atoms with Gasteiger partial charge in [0, 0.05) is 11.3 Å². The second-order valence-corrected chi connectivity index (χ2v) is 3.43. The van der Waals surface area contributed by atoms with Gasteiger partial charge in [0.1, 0.15) is 5.76 Å².